The molecule has 0 aliphatic heterocycles. The van der Waals surface area contributed by atoms with Crippen molar-refractivity contribution in [3.63, 3.8) is 0 Å². The Morgan fingerprint density at radius 1 is 1.29 bits per heavy atom. The minimum atomic E-state index is -0.656. The van der Waals surface area contributed by atoms with Crippen molar-refractivity contribution >= 4 is 5.91 Å². The fraction of sp³-hybridized carbons (Fsp3) is 0.462. The first-order chi connectivity index (χ1) is 7.84. The van der Waals surface area contributed by atoms with Crippen molar-refractivity contribution in [2.45, 2.75) is 33.1 Å². The Morgan fingerprint density at radius 3 is 2.12 bits per heavy atom. The summed E-state index contributed by atoms with van der Waals surface area (Å²) in [6, 6.07) is 3.92. The topological polar surface area (TPSA) is 64.3 Å². The highest BCUT2D eigenvalue weighted by atomic mass is 16.5. The fourth-order valence-electron chi connectivity index (χ4n) is 1.94. The van der Waals surface area contributed by atoms with Crippen LogP contribution in [0.3, 0.4) is 0 Å². The predicted molar refractivity (Wildman–Crippen MR) is 67.8 cm³/mol. The van der Waals surface area contributed by atoms with Crippen molar-refractivity contribution in [1.82, 2.24) is 5.43 Å². The van der Waals surface area contributed by atoms with Gasteiger partial charge in [0.2, 0.25) is 5.91 Å². The summed E-state index contributed by atoms with van der Waals surface area (Å²) >= 11 is 0. The van der Waals surface area contributed by atoms with Gasteiger partial charge in [-0.3, -0.25) is 10.2 Å². The van der Waals surface area contributed by atoms with Gasteiger partial charge in [0.1, 0.15) is 5.75 Å². The standard InChI is InChI=1S/C13H20N2O2/c1-8-6-10(7-9(2)11(8)17-5)13(3,4)12(16)15-14/h6-7H,14H2,1-5H3,(H,15,16). The molecule has 0 radical (unpaired) electrons. The van der Waals surface area contributed by atoms with E-state index in [9.17, 15) is 4.79 Å². The molecular weight excluding hydrogens is 216 g/mol. The van der Waals surface area contributed by atoms with E-state index in [1.54, 1.807) is 7.11 Å². The maximum atomic E-state index is 11.7. The van der Waals surface area contributed by atoms with Gasteiger partial charge in [0.05, 0.1) is 12.5 Å². The Hall–Kier alpha value is -1.55. The molecule has 0 saturated carbocycles. The van der Waals surface area contributed by atoms with Gasteiger partial charge in [0, 0.05) is 0 Å². The quantitative estimate of drug-likeness (QED) is 0.476. The highest BCUT2D eigenvalue weighted by Gasteiger charge is 2.30. The summed E-state index contributed by atoms with van der Waals surface area (Å²) in [7, 11) is 1.65. The summed E-state index contributed by atoms with van der Waals surface area (Å²) in [6.45, 7) is 7.61. The normalized spacial score (nSPS) is 11.2. The molecular formula is C13H20N2O2. The highest BCUT2D eigenvalue weighted by molar-refractivity contribution is 5.87. The van der Waals surface area contributed by atoms with E-state index in [1.807, 2.05) is 39.8 Å². The monoisotopic (exact) mass is 236 g/mol. The first kappa shape index (κ1) is 13.5. The Balaban J connectivity index is 3.30. The molecule has 0 bridgehead atoms. The van der Waals surface area contributed by atoms with Crippen molar-refractivity contribution in [2.24, 2.45) is 5.84 Å². The molecule has 0 saturated heterocycles. The Bertz CT molecular complexity index is 416. The van der Waals surface area contributed by atoms with Crippen molar-refractivity contribution in [1.29, 1.82) is 0 Å². The first-order valence-electron chi connectivity index (χ1n) is 5.51. The number of carbonyl (C=O) groups excluding carboxylic acids is 1. The summed E-state index contributed by atoms with van der Waals surface area (Å²) in [4.78, 5) is 11.7. The largest absolute Gasteiger partial charge is 0.496 e. The lowest BCUT2D eigenvalue weighted by Crippen LogP contribution is -2.43. The van der Waals surface area contributed by atoms with Crippen LogP contribution in [0.15, 0.2) is 12.1 Å². The number of carbonyl (C=O) groups is 1. The lowest BCUT2D eigenvalue weighted by molar-refractivity contribution is -0.125. The summed E-state index contributed by atoms with van der Waals surface area (Å²) in [6.07, 6.45) is 0. The molecule has 94 valence electrons. The van der Waals surface area contributed by atoms with Crippen LogP contribution in [0, 0.1) is 13.8 Å². The minimum absolute atomic E-state index is 0.207. The summed E-state index contributed by atoms with van der Waals surface area (Å²) in [5, 5.41) is 0. The third kappa shape index (κ3) is 2.42. The number of ether oxygens (including phenoxy) is 1. The molecule has 0 fully saturated rings. The third-order valence-corrected chi connectivity index (χ3v) is 3.08. The lowest BCUT2D eigenvalue weighted by atomic mass is 9.82. The van der Waals surface area contributed by atoms with E-state index < -0.39 is 5.41 Å². The Morgan fingerprint density at radius 2 is 1.76 bits per heavy atom. The predicted octanol–water partition coefficient (Wildman–Crippen LogP) is 1.58. The third-order valence-electron chi connectivity index (χ3n) is 3.08. The van der Waals surface area contributed by atoms with Gasteiger partial charge in [-0.1, -0.05) is 12.1 Å². The average Bonchev–Trinajstić information content (AvgIpc) is 2.27. The van der Waals surface area contributed by atoms with Crippen LogP contribution in [0.4, 0.5) is 0 Å². The molecule has 0 atom stereocenters. The number of nitrogens with one attached hydrogen (secondary N) is 1. The van der Waals surface area contributed by atoms with E-state index in [0.29, 0.717) is 0 Å². The van der Waals surface area contributed by atoms with Gasteiger partial charge in [-0.05, 0) is 44.4 Å². The molecule has 17 heavy (non-hydrogen) atoms. The molecule has 4 heteroatoms. The van der Waals surface area contributed by atoms with Gasteiger partial charge in [0.15, 0.2) is 0 Å². The van der Waals surface area contributed by atoms with Crippen LogP contribution in [-0.4, -0.2) is 13.0 Å². The molecule has 3 N–H and O–H groups in total. The summed E-state index contributed by atoms with van der Waals surface area (Å²) < 4.78 is 5.30. The van der Waals surface area contributed by atoms with Crippen LogP contribution in [0.2, 0.25) is 0 Å². The van der Waals surface area contributed by atoms with Crippen molar-refractivity contribution < 1.29 is 9.53 Å². The van der Waals surface area contributed by atoms with Crippen LogP contribution < -0.4 is 16.0 Å². The van der Waals surface area contributed by atoms with Crippen LogP contribution in [-0.2, 0) is 10.2 Å². The fourth-order valence-corrected chi connectivity index (χ4v) is 1.94. The van der Waals surface area contributed by atoms with Crippen LogP contribution in [0.1, 0.15) is 30.5 Å². The smallest absolute Gasteiger partial charge is 0.243 e. The van der Waals surface area contributed by atoms with Gasteiger partial charge in [0.25, 0.3) is 0 Å². The molecule has 0 aliphatic rings. The van der Waals surface area contributed by atoms with Crippen LogP contribution >= 0.6 is 0 Å². The lowest BCUT2D eigenvalue weighted by Gasteiger charge is -2.24. The van der Waals surface area contributed by atoms with E-state index in [0.717, 1.165) is 22.4 Å². The number of rotatable bonds is 3. The highest BCUT2D eigenvalue weighted by Crippen LogP contribution is 2.31. The van der Waals surface area contributed by atoms with Crippen LogP contribution in [0.25, 0.3) is 0 Å². The second-order valence-electron chi connectivity index (χ2n) is 4.74. The molecule has 1 amide bonds. The van der Waals surface area contributed by atoms with E-state index in [2.05, 4.69) is 5.43 Å². The van der Waals surface area contributed by atoms with Gasteiger partial charge in [-0.25, -0.2) is 5.84 Å². The van der Waals surface area contributed by atoms with Crippen molar-refractivity contribution in [3.8, 4) is 5.75 Å². The van der Waals surface area contributed by atoms with Gasteiger partial charge in [-0.15, -0.1) is 0 Å². The second kappa shape index (κ2) is 4.75. The summed E-state index contributed by atoms with van der Waals surface area (Å²) in [5.74, 6) is 5.86. The second-order valence-corrected chi connectivity index (χ2v) is 4.74. The zero-order valence-corrected chi connectivity index (χ0v) is 11.0. The first-order valence-corrected chi connectivity index (χ1v) is 5.51. The SMILES string of the molecule is COc1c(C)cc(C(C)(C)C(=O)NN)cc1C. The maximum absolute atomic E-state index is 11.7. The molecule has 4 nitrogen and oxygen atoms in total. The number of hydrazine groups is 1. The molecule has 0 heterocycles. The van der Waals surface area contributed by atoms with Crippen LogP contribution in [0.5, 0.6) is 5.75 Å². The molecule has 1 aromatic carbocycles. The number of nitrogens with two attached hydrogens (primary N) is 1. The molecule has 0 spiro atoms. The van der Waals surface area contributed by atoms with E-state index >= 15 is 0 Å². The average molecular weight is 236 g/mol. The van der Waals surface area contributed by atoms with E-state index in [-0.39, 0.29) is 5.91 Å². The Labute approximate surface area is 102 Å². The molecule has 0 aliphatic carbocycles. The van der Waals surface area contributed by atoms with Gasteiger partial charge < -0.3 is 4.74 Å². The summed E-state index contributed by atoms with van der Waals surface area (Å²) in [5.41, 5.74) is 4.50. The number of hydrogen-bond acceptors (Lipinski definition) is 3. The molecule has 0 unspecified atom stereocenters. The maximum Gasteiger partial charge on any atom is 0.243 e. The van der Waals surface area contributed by atoms with E-state index in [4.69, 9.17) is 10.6 Å². The number of hydrogen-bond donors (Lipinski definition) is 2. The van der Waals surface area contributed by atoms with Crippen molar-refractivity contribution in [3.05, 3.63) is 28.8 Å². The number of amides is 1. The molecule has 1 rings (SSSR count). The number of methoxy groups -OCH3 is 1. The number of benzene rings is 1. The molecule has 1 aromatic rings. The van der Waals surface area contributed by atoms with Crippen molar-refractivity contribution in [2.75, 3.05) is 7.11 Å². The zero-order valence-electron chi connectivity index (χ0n) is 11.0. The Kier molecular flexibility index (Phi) is 3.78. The van der Waals surface area contributed by atoms with Gasteiger partial charge in [-0.2, -0.15) is 0 Å². The van der Waals surface area contributed by atoms with Gasteiger partial charge >= 0.3 is 0 Å². The molecule has 0 aromatic heterocycles. The zero-order chi connectivity index (χ0) is 13.2. The number of aryl methyl sites for hydroxylation is 2. The van der Waals surface area contributed by atoms with E-state index in [1.165, 1.54) is 0 Å². The minimum Gasteiger partial charge on any atom is -0.496 e.